The molecular formula is C30H29F3O8S. The van der Waals surface area contributed by atoms with Crippen LogP contribution in [0, 0.1) is 17.5 Å². The summed E-state index contributed by atoms with van der Waals surface area (Å²) in [4.78, 5) is 11.7. The lowest BCUT2D eigenvalue weighted by Gasteiger charge is -2.17. The molecule has 0 aromatic heterocycles. The second-order valence-electron chi connectivity index (χ2n) is 10.2. The van der Waals surface area contributed by atoms with Gasteiger partial charge >= 0.3 is 5.97 Å². The van der Waals surface area contributed by atoms with Gasteiger partial charge in [0.05, 0.1) is 32.5 Å². The van der Waals surface area contributed by atoms with Crippen molar-refractivity contribution >= 4 is 15.8 Å². The lowest BCUT2D eigenvalue weighted by atomic mass is 9.98. The number of ether oxygens (including phenoxy) is 5. The Morgan fingerprint density at radius 1 is 1.00 bits per heavy atom. The lowest BCUT2D eigenvalue weighted by Crippen LogP contribution is -2.09. The van der Waals surface area contributed by atoms with Crippen molar-refractivity contribution in [2.75, 3.05) is 32.3 Å². The molecule has 0 radical (unpaired) electrons. The van der Waals surface area contributed by atoms with Crippen molar-refractivity contribution in [2.24, 2.45) is 0 Å². The van der Waals surface area contributed by atoms with E-state index in [-0.39, 0.29) is 54.2 Å². The van der Waals surface area contributed by atoms with E-state index in [4.69, 9.17) is 23.7 Å². The van der Waals surface area contributed by atoms with Gasteiger partial charge in [0.2, 0.25) is 0 Å². The number of sulfone groups is 1. The molecule has 0 unspecified atom stereocenters. The quantitative estimate of drug-likeness (QED) is 0.199. The molecule has 0 N–H and O–H groups in total. The van der Waals surface area contributed by atoms with Gasteiger partial charge in [-0.25, -0.2) is 21.6 Å². The Morgan fingerprint density at radius 3 is 2.52 bits per heavy atom. The summed E-state index contributed by atoms with van der Waals surface area (Å²) < 4.78 is 94.4. The Bertz CT molecular complexity index is 1610. The summed E-state index contributed by atoms with van der Waals surface area (Å²) in [6, 6.07) is 9.45. The van der Waals surface area contributed by atoms with Crippen LogP contribution in [0.15, 0.2) is 42.5 Å². The average molecular weight is 607 g/mol. The number of carbonyl (C=O) groups excluding carboxylic acids is 1. The highest BCUT2D eigenvalue weighted by Gasteiger charge is 2.32. The third-order valence-electron chi connectivity index (χ3n) is 7.15. The monoisotopic (exact) mass is 606 g/mol. The van der Waals surface area contributed by atoms with Crippen LogP contribution in [0.4, 0.5) is 13.2 Å². The number of halogens is 3. The third kappa shape index (κ3) is 6.59. The lowest BCUT2D eigenvalue weighted by molar-refractivity contribution is -0.141. The maximum atomic E-state index is 15.0. The molecule has 42 heavy (non-hydrogen) atoms. The Kier molecular flexibility index (Phi) is 8.53. The van der Waals surface area contributed by atoms with E-state index in [0.717, 1.165) is 24.0 Å². The van der Waals surface area contributed by atoms with Gasteiger partial charge < -0.3 is 23.7 Å². The van der Waals surface area contributed by atoms with Crippen LogP contribution in [0.2, 0.25) is 0 Å². The van der Waals surface area contributed by atoms with Crippen LogP contribution in [0.25, 0.3) is 0 Å². The van der Waals surface area contributed by atoms with Gasteiger partial charge in [0.25, 0.3) is 0 Å². The third-order valence-corrected chi connectivity index (χ3v) is 8.18. The van der Waals surface area contributed by atoms with Gasteiger partial charge in [-0.05, 0) is 37.5 Å². The molecule has 8 nitrogen and oxygen atoms in total. The number of hydrogen-bond donors (Lipinski definition) is 0. The van der Waals surface area contributed by atoms with Gasteiger partial charge in [-0.3, -0.25) is 4.79 Å². The fourth-order valence-corrected chi connectivity index (χ4v) is 5.77. The predicted molar refractivity (Wildman–Crippen MR) is 146 cm³/mol. The Labute approximate surface area is 241 Å². The van der Waals surface area contributed by atoms with Crippen molar-refractivity contribution in [1.29, 1.82) is 0 Å². The molecule has 0 spiro atoms. The zero-order chi connectivity index (χ0) is 30.0. The van der Waals surface area contributed by atoms with Gasteiger partial charge in [0, 0.05) is 47.1 Å². The number of fused-ring (bicyclic) bond motifs is 2. The van der Waals surface area contributed by atoms with Crippen molar-refractivity contribution in [3.63, 3.8) is 0 Å². The zero-order valence-electron chi connectivity index (χ0n) is 23.0. The fraction of sp³-hybridized carbons (Fsp3) is 0.367. The largest absolute Gasteiger partial charge is 0.492 e. The van der Waals surface area contributed by atoms with Crippen molar-refractivity contribution in [2.45, 2.75) is 37.7 Å². The van der Waals surface area contributed by atoms with Crippen LogP contribution in [-0.4, -0.2) is 46.7 Å². The molecule has 2 atom stereocenters. The minimum absolute atomic E-state index is 0.110. The molecule has 12 heteroatoms. The summed E-state index contributed by atoms with van der Waals surface area (Å²) in [6.45, 7) is 0.226. The average Bonchev–Trinajstić information content (AvgIpc) is 3.54. The number of benzene rings is 3. The smallest absolute Gasteiger partial charge is 0.306 e. The van der Waals surface area contributed by atoms with E-state index in [2.05, 4.69) is 0 Å². The Balaban J connectivity index is 1.29. The fourth-order valence-electron chi connectivity index (χ4n) is 5.12. The van der Waals surface area contributed by atoms with Crippen molar-refractivity contribution in [3.05, 3.63) is 76.6 Å². The number of hydrogen-bond acceptors (Lipinski definition) is 8. The molecule has 1 heterocycles. The van der Waals surface area contributed by atoms with Gasteiger partial charge in [0.15, 0.2) is 23.1 Å². The van der Waals surface area contributed by atoms with Crippen molar-refractivity contribution in [1.82, 2.24) is 0 Å². The van der Waals surface area contributed by atoms with Gasteiger partial charge in [-0.15, -0.1) is 0 Å². The number of carbonyl (C=O) groups is 1. The molecule has 5 rings (SSSR count). The van der Waals surface area contributed by atoms with Crippen LogP contribution in [-0.2, 0) is 25.8 Å². The highest BCUT2D eigenvalue weighted by atomic mass is 32.2. The molecule has 0 fully saturated rings. The summed E-state index contributed by atoms with van der Waals surface area (Å²) in [5.41, 5.74) is 1.61. The summed E-state index contributed by atoms with van der Waals surface area (Å²) in [5.74, 6) is -2.49. The van der Waals surface area contributed by atoms with Crippen molar-refractivity contribution < 1.29 is 50.1 Å². The minimum atomic E-state index is -3.20. The first-order valence-electron chi connectivity index (χ1n) is 13.3. The van der Waals surface area contributed by atoms with Crippen LogP contribution in [0.1, 0.15) is 48.0 Å². The maximum Gasteiger partial charge on any atom is 0.306 e. The molecule has 0 saturated carbocycles. The Hall–Kier alpha value is -3.93. The zero-order valence-corrected chi connectivity index (χ0v) is 23.8. The first-order chi connectivity index (χ1) is 20.0. The summed E-state index contributed by atoms with van der Waals surface area (Å²) >= 11 is 0. The standard InChI is InChI=1S/C30H29F3O8S/c1-37-29(34)12-17-16-39-26-13-18(4-5-19(17)26)40-25-8-6-20-24(9-7-21(31)30(20)25)41-28-15-22(32)27(14-23(28)33)38-10-3-11-42(2,35)36/h4-5,7,9,13-15,17,25H,3,6,8,10-12,16H2,1-2H3/t17-,25-/m1/s1. The summed E-state index contributed by atoms with van der Waals surface area (Å²) in [5, 5.41) is 0. The van der Waals surface area contributed by atoms with Crippen LogP contribution in [0.5, 0.6) is 28.7 Å². The van der Waals surface area contributed by atoms with Gasteiger partial charge in [0.1, 0.15) is 39.0 Å². The van der Waals surface area contributed by atoms with E-state index < -0.39 is 39.1 Å². The molecule has 3 aromatic rings. The second kappa shape index (κ2) is 12.1. The molecule has 0 amide bonds. The van der Waals surface area contributed by atoms with Gasteiger partial charge in [-0.1, -0.05) is 6.07 Å². The van der Waals surface area contributed by atoms with E-state index in [0.29, 0.717) is 36.5 Å². The second-order valence-corrected chi connectivity index (χ2v) is 12.5. The van der Waals surface area contributed by atoms with E-state index >= 15 is 4.39 Å². The number of methoxy groups -OCH3 is 1. The van der Waals surface area contributed by atoms with Crippen LogP contribution in [0.3, 0.4) is 0 Å². The first-order valence-corrected chi connectivity index (χ1v) is 15.4. The van der Waals surface area contributed by atoms with Crippen LogP contribution >= 0.6 is 0 Å². The molecular weight excluding hydrogens is 577 g/mol. The molecule has 1 aliphatic heterocycles. The topological polar surface area (TPSA) is 97.4 Å². The van der Waals surface area contributed by atoms with E-state index in [1.54, 1.807) is 12.1 Å². The van der Waals surface area contributed by atoms with Crippen molar-refractivity contribution in [3.8, 4) is 28.7 Å². The number of rotatable bonds is 11. The normalized spacial score (nSPS) is 17.3. The maximum absolute atomic E-state index is 15.0. The number of esters is 1. The van der Waals surface area contributed by atoms with E-state index in [9.17, 15) is 22.0 Å². The SMILES string of the molecule is COC(=O)C[C@@H]1COc2cc(O[C@@H]3CCc4c(Oc5cc(F)c(OCCCS(C)(=O)=O)cc5F)ccc(F)c43)ccc21. The highest BCUT2D eigenvalue weighted by molar-refractivity contribution is 7.90. The van der Waals surface area contributed by atoms with Crippen LogP contribution < -0.4 is 18.9 Å². The van der Waals surface area contributed by atoms with E-state index in [1.807, 2.05) is 6.07 Å². The first kappa shape index (κ1) is 29.6. The molecule has 224 valence electrons. The van der Waals surface area contributed by atoms with E-state index in [1.165, 1.54) is 19.2 Å². The molecule has 0 saturated heterocycles. The van der Waals surface area contributed by atoms with Gasteiger partial charge in [-0.2, -0.15) is 0 Å². The molecule has 3 aromatic carbocycles. The molecule has 1 aliphatic carbocycles. The molecule has 2 aliphatic rings. The highest BCUT2D eigenvalue weighted by Crippen LogP contribution is 2.45. The summed E-state index contributed by atoms with van der Waals surface area (Å²) in [7, 11) is -1.87. The molecule has 0 bridgehead atoms. The predicted octanol–water partition coefficient (Wildman–Crippen LogP) is 5.82. The summed E-state index contributed by atoms with van der Waals surface area (Å²) in [6.07, 6.45) is 1.54. The minimum Gasteiger partial charge on any atom is -0.492 e. The Morgan fingerprint density at radius 2 is 1.76 bits per heavy atom.